The minimum Gasteiger partial charge on any atom is -0.506 e. The quantitative estimate of drug-likeness (QED) is 0.678. The summed E-state index contributed by atoms with van der Waals surface area (Å²) in [6.45, 7) is -0.0796. The zero-order valence-electron chi connectivity index (χ0n) is 12.9. The van der Waals surface area contributed by atoms with E-state index >= 15 is 0 Å². The van der Waals surface area contributed by atoms with Crippen LogP contribution in [0.4, 0.5) is 0 Å². The molecule has 0 saturated heterocycles. The summed E-state index contributed by atoms with van der Waals surface area (Å²) in [5.74, 6) is -0.137. The molecule has 0 spiro atoms. The van der Waals surface area contributed by atoms with E-state index in [1.807, 2.05) is 0 Å². The Morgan fingerprint density at radius 2 is 1.76 bits per heavy atom. The molecule has 0 bridgehead atoms. The summed E-state index contributed by atoms with van der Waals surface area (Å²) in [7, 11) is 0. The van der Waals surface area contributed by atoms with Gasteiger partial charge in [-0.2, -0.15) is 0 Å². The van der Waals surface area contributed by atoms with Crippen LogP contribution in [0.3, 0.4) is 0 Å². The molecule has 0 amide bonds. The highest BCUT2D eigenvalue weighted by atomic mass is 35.5. The molecule has 1 aromatic carbocycles. The number of benzene rings is 1. The second-order valence-electron chi connectivity index (χ2n) is 5.52. The maximum atomic E-state index is 12.5. The molecule has 3 aromatic rings. The SMILES string of the molecule is O=c1c(=O)n2c(CCO)ccc(O)c2cn1Cc1ccc(Cl)c(Cl)c1. The summed E-state index contributed by atoms with van der Waals surface area (Å²) in [6, 6.07) is 7.84. The standard InChI is InChI=1S/C17H14Cl2N2O4/c18-12-3-1-10(7-13(12)19)8-20-9-14-15(23)4-2-11(5-6-22)21(14)17(25)16(20)24/h1-4,7,9,22-23H,5-6,8H2. The van der Waals surface area contributed by atoms with E-state index in [0.29, 0.717) is 21.3 Å². The highest BCUT2D eigenvalue weighted by molar-refractivity contribution is 6.42. The first-order valence-corrected chi connectivity index (χ1v) is 8.20. The predicted molar refractivity (Wildman–Crippen MR) is 95.9 cm³/mol. The summed E-state index contributed by atoms with van der Waals surface area (Å²) in [6.07, 6.45) is 1.59. The molecule has 2 heterocycles. The van der Waals surface area contributed by atoms with Crippen LogP contribution in [0.2, 0.25) is 10.0 Å². The molecule has 0 aliphatic carbocycles. The van der Waals surface area contributed by atoms with Gasteiger partial charge in [0, 0.05) is 24.9 Å². The molecule has 0 aliphatic heterocycles. The van der Waals surface area contributed by atoms with Crippen LogP contribution in [-0.2, 0) is 13.0 Å². The molecular formula is C17H14Cl2N2O4. The summed E-state index contributed by atoms with van der Waals surface area (Å²) in [5.41, 5.74) is -0.216. The number of hydrogen-bond donors (Lipinski definition) is 2. The smallest absolute Gasteiger partial charge is 0.321 e. The normalized spacial score (nSPS) is 11.2. The van der Waals surface area contributed by atoms with Crippen molar-refractivity contribution in [2.45, 2.75) is 13.0 Å². The van der Waals surface area contributed by atoms with Crippen molar-refractivity contribution < 1.29 is 10.2 Å². The van der Waals surface area contributed by atoms with Crippen molar-refractivity contribution in [3.63, 3.8) is 0 Å². The van der Waals surface area contributed by atoms with Crippen molar-refractivity contribution in [2.75, 3.05) is 6.61 Å². The molecule has 0 aliphatic rings. The highest BCUT2D eigenvalue weighted by Gasteiger charge is 2.13. The van der Waals surface area contributed by atoms with Crippen molar-refractivity contribution in [3.8, 4) is 5.75 Å². The molecule has 6 nitrogen and oxygen atoms in total. The predicted octanol–water partition coefficient (Wildman–Crippen LogP) is 2.06. The Bertz CT molecular complexity index is 1070. The lowest BCUT2D eigenvalue weighted by molar-refractivity contribution is 0.297. The lowest BCUT2D eigenvalue weighted by Crippen LogP contribution is -2.39. The van der Waals surface area contributed by atoms with Crippen molar-refractivity contribution in [1.29, 1.82) is 0 Å². The van der Waals surface area contributed by atoms with Crippen molar-refractivity contribution in [3.05, 3.63) is 78.5 Å². The number of hydrogen-bond acceptors (Lipinski definition) is 4. The number of aliphatic hydroxyl groups excluding tert-OH is 1. The Morgan fingerprint density at radius 1 is 1.00 bits per heavy atom. The fraction of sp³-hybridized carbons (Fsp3) is 0.176. The van der Waals surface area contributed by atoms with Gasteiger partial charge in [0.25, 0.3) is 0 Å². The lowest BCUT2D eigenvalue weighted by Gasteiger charge is -2.12. The van der Waals surface area contributed by atoms with E-state index in [-0.39, 0.29) is 30.8 Å². The van der Waals surface area contributed by atoms with Crippen LogP contribution in [0, 0.1) is 0 Å². The van der Waals surface area contributed by atoms with Gasteiger partial charge >= 0.3 is 11.1 Å². The van der Waals surface area contributed by atoms with Crippen LogP contribution in [-0.4, -0.2) is 25.8 Å². The number of nitrogens with zero attached hydrogens (tertiary/aromatic N) is 2. The fourth-order valence-corrected chi connectivity index (χ4v) is 2.98. The molecule has 0 radical (unpaired) electrons. The van der Waals surface area contributed by atoms with Crippen LogP contribution in [0.5, 0.6) is 5.75 Å². The lowest BCUT2D eigenvalue weighted by atomic mass is 10.2. The number of fused-ring (bicyclic) bond motifs is 1. The van der Waals surface area contributed by atoms with Crippen LogP contribution >= 0.6 is 23.2 Å². The van der Waals surface area contributed by atoms with Crippen LogP contribution < -0.4 is 11.1 Å². The van der Waals surface area contributed by atoms with Gasteiger partial charge in [0.15, 0.2) is 0 Å². The van der Waals surface area contributed by atoms with Gasteiger partial charge in [0.1, 0.15) is 11.3 Å². The molecule has 3 rings (SSSR count). The Morgan fingerprint density at radius 3 is 2.44 bits per heavy atom. The molecule has 0 saturated carbocycles. The van der Waals surface area contributed by atoms with Gasteiger partial charge < -0.3 is 14.8 Å². The van der Waals surface area contributed by atoms with Gasteiger partial charge in [-0.15, -0.1) is 0 Å². The van der Waals surface area contributed by atoms with Gasteiger partial charge in [-0.1, -0.05) is 29.3 Å². The third kappa shape index (κ3) is 3.28. The van der Waals surface area contributed by atoms with E-state index in [0.717, 1.165) is 4.40 Å². The molecule has 0 fully saturated rings. The van der Waals surface area contributed by atoms with E-state index in [1.54, 1.807) is 18.2 Å². The van der Waals surface area contributed by atoms with Gasteiger partial charge in [-0.25, -0.2) is 0 Å². The van der Waals surface area contributed by atoms with E-state index in [2.05, 4.69) is 0 Å². The maximum absolute atomic E-state index is 12.5. The van der Waals surface area contributed by atoms with Crippen LogP contribution in [0.15, 0.2) is 46.1 Å². The summed E-state index contributed by atoms with van der Waals surface area (Å²) >= 11 is 11.9. The molecule has 2 N–H and O–H groups in total. The van der Waals surface area contributed by atoms with Gasteiger partial charge in [0.2, 0.25) is 0 Å². The summed E-state index contributed by atoms with van der Waals surface area (Å²) < 4.78 is 2.33. The first kappa shape index (κ1) is 17.5. The maximum Gasteiger partial charge on any atom is 0.321 e. The number of pyridine rings is 1. The topological polar surface area (TPSA) is 83.9 Å². The van der Waals surface area contributed by atoms with Crippen molar-refractivity contribution >= 4 is 28.7 Å². The number of halogens is 2. The average molecular weight is 381 g/mol. The van der Waals surface area contributed by atoms with Crippen LogP contribution in [0.1, 0.15) is 11.3 Å². The Balaban J connectivity index is 2.19. The van der Waals surface area contributed by atoms with Gasteiger partial charge in [-0.05, 0) is 29.8 Å². The molecule has 0 unspecified atom stereocenters. The second kappa shape index (κ2) is 6.92. The van der Waals surface area contributed by atoms with E-state index < -0.39 is 11.1 Å². The van der Waals surface area contributed by atoms with Crippen LogP contribution in [0.25, 0.3) is 5.52 Å². The minimum atomic E-state index is -0.795. The fourth-order valence-electron chi connectivity index (χ4n) is 2.65. The third-order valence-electron chi connectivity index (χ3n) is 3.85. The van der Waals surface area contributed by atoms with Crippen molar-refractivity contribution in [2.24, 2.45) is 0 Å². The Labute approximate surface area is 152 Å². The van der Waals surface area contributed by atoms with Gasteiger partial charge in [0.05, 0.1) is 16.6 Å². The third-order valence-corrected chi connectivity index (χ3v) is 4.59. The Hall–Kier alpha value is -2.28. The molecule has 25 heavy (non-hydrogen) atoms. The second-order valence-corrected chi connectivity index (χ2v) is 6.33. The monoisotopic (exact) mass is 380 g/mol. The molecule has 8 heteroatoms. The van der Waals surface area contributed by atoms with Gasteiger partial charge in [-0.3, -0.25) is 14.0 Å². The Kier molecular flexibility index (Phi) is 4.85. The number of aromatic nitrogens is 2. The van der Waals surface area contributed by atoms with E-state index in [1.165, 1.54) is 22.9 Å². The molecule has 0 atom stereocenters. The first-order chi connectivity index (χ1) is 11.9. The molecular weight excluding hydrogens is 367 g/mol. The summed E-state index contributed by atoms with van der Waals surface area (Å²) in [5, 5.41) is 19.9. The first-order valence-electron chi connectivity index (χ1n) is 7.44. The number of aliphatic hydroxyl groups is 1. The number of aromatic hydroxyl groups is 1. The largest absolute Gasteiger partial charge is 0.506 e. The minimum absolute atomic E-state index is 0.102. The summed E-state index contributed by atoms with van der Waals surface area (Å²) in [4.78, 5) is 24.9. The van der Waals surface area contributed by atoms with E-state index in [9.17, 15) is 14.7 Å². The zero-order valence-corrected chi connectivity index (χ0v) is 14.5. The number of rotatable bonds is 4. The average Bonchev–Trinajstić information content (AvgIpc) is 2.58. The molecule has 130 valence electrons. The highest BCUT2D eigenvalue weighted by Crippen LogP contribution is 2.23. The molecule has 2 aromatic heterocycles. The zero-order chi connectivity index (χ0) is 18.1. The van der Waals surface area contributed by atoms with E-state index in [4.69, 9.17) is 28.3 Å². The van der Waals surface area contributed by atoms with Crippen molar-refractivity contribution in [1.82, 2.24) is 8.97 Å².